The van der Waals surface area contributed by atoms with Crippen molar-refractivity contribution in [2.24, 2.45) is 0 Å². The van der Waals surface area contributed by atoms with Crippen LogP contribution in [-0.2, 0) is 0 Å². The highest BCUT2D eigenvalue weighted by atomic mass is 32.2. The lowest BCUT2D eigenvalue weighted by Crippen LogP contribution is -2.27. The highest BCUT2D eigenvalue weighted by molar-refractivity contribution is 7.99. The maximum atomic E-state index is 5.60. The second-order valence-corrected chi connectivity index (χ2v) is 6.58. The van der Waals surface area contributed by atoms with Crippen LogP contribution in [0.25, 0.3) is 0 Å². The van der Waals surface area contributed by atoms with Crippen LogP contribution in [0.2, 0.25) is 0 Å². The summed E-state index contributed by atoms with van der Waals surface area (Å²) < 4.78 is 5.60. The SMILES string of the molecule is CCSC1CCCC1Nc1nccc(OC(C)C)n1. The first-order valence-electron chi connectivity index (χ1n) is 7.07. The quantitative estimate of drug-likeness (QED) is 0.866. The number of hydrogen-bond acceptors (Lipinski definition) is 5. The molecule has 1 N–H and O–H groups in total. The first kappa shape index (κ1) is 14.4. The predicted molar refractivity (Wildman–Crippen MR) is 81.0 cm³/mol. The average Bonchev–Trinajstić information content (AvgIpc) is 2.77. The van der Waals surface area contributed by atoms with E-state index in [0.717, 1.165) is 0 Å². The van der Waals surface area contributed by atoms with E-state index in [0.29, 0.717) is 23.1 Å². The Morgan fingerprint density at radius 3 is 3.05 bits per heavy atom. The van der Waals surface area contributed by atoms with Crippen molar-refractivity contribution in [1.82, 2.24) is 9.97 Å². The van der Waals surface area contributed by atoms with Gasteiger partial charge in [0.1, 0.15) is 0 Å². The van der Waals surface area contributed by atoms with Crippen molar-refractivity contribution in [1.29, 1.82) is 0 Å². The molecule has 19 heavy (non-hydrogen) atoms. The van der Waals surface area contributed by atoms with Gasteiger partial charge in [0.15, 0.2) is 0 Å². The lowest BCUT2D eigenvalue weighted by Gasteiger charge is -2.20. The van der Waals surface area contributed by atoms with Crippen molar-refractivity contribution in [2.75, 3.05) is 11.1 Å². The largest absolute Gasteiger partial charge is 0.475 e. The zero-order chi connectivity index (χ0) is 13.7. The third-order valence-electron chi connectivity index (χ3n) is 3.13. The fourth-order valence-electron chi connectivity index (χ4n) is 2.39. The molecular weight excluding hydrogens is 258 g/mol. The van der Waals surface area contributed by atoms with Crippen LogP contribution in [0.4, 0.5) is 5.95 Å². The lowest BCUT2D eigenvalue weighted by atomic mass is 10.2. The first-order chi connectivity index (χ1) is 9.19. The third kappa shape index (κ3) is 4.27. The van der Waals surface area contributed by atoms with Gasteiger partial charge in [0, 0.05) is 23.6 Å². The molecule has 1 saturated carbocycles. The van der Waals surface area contributed by atoms with E-state index in [1.807, 2.05) is 25.6 Å². The maximum Gasteiger partial charge on any atom is 0.226 e. The summed E-state index contributed by atoms with van der Waals surface area (Å²) in [4.78, 5) is 8.71. The van der Waals surface area contributed by atoms with Crippen LogP contribution in [0, 0.1) is 0 Å². The summed E-state index contributed by atoms with van der Waals surface area (Å²) in [5, 5.41) is 4.15. The fraction of sp³-hybridized carbons (Fsp3) is 0.714. The molecule has 2 unspecified atom stereocenters. The Balaban J connectivity index is 1.98. The van der Waals surface area contributed by atoms with Crippen molar-refractivity contribution in [3.63, 3.8) is 0 Å². The Kier molecular flexibility index (Phi) is 5.31. The van der Waals surface area contributed by atoms with Gasteiger partial charge in [-0.3, -0.25) is 0 Å². The Bertz CT molecular complexity index is 400. The van der Waals surface area contributed by atoms with Crippen molar-refractivity contribution >= 4 is 17.7 Å². The van der Waals surface area contributed by atoms with Crippen molar-refractivity contribution in [3.8, 4) is 5.88 Å². The van der Waals surface area contributed by atoms with Gasteiger partial charge >= 0.3 is 0 Å². The lowest BCUT2D eigenvalue weighted by molar-refractivity contribution is 0.232. The van der Waals surface area contributed by atoms with Crippen LogP contribution < -0.4 is 10.1 Å². The van der Waals surface area contributed by atoms with Crippen molar-refractivity contribution < 1.29 is 4.74 Å². The molecule has 4 nitrogen and oxygen atoms in total. The van der Waals surface area contributed by atoms with E-state index in [4.69, 9.17) is 4.74 Å². The molecule has 1 aromatic rings. The number of thioether (sulfide) groups is 1. The van der Waals surface area contributed by atoms with Gasteiger partial charge in [0.05, 0.1) is 6.10 Å². The number of hydrogen-bond donors (Lipinski definition) is 1. The summed E-state index contributed by atoms with van der Waals surface area (Å²) in [5.41, 5.74) is 0. The minimum absolute atomic E-state index is 0.137. The topological polar surface area (TPSA) is 47.0 Å². The summed E-state index contributed by atoms with van der Waals surface area (Å²) in [6.45, 7) is 6.22. The maximum absolute atomic E-state index is 5.60. The predicted octanol–water partition coefficient (Wildman–Crippen LogP) is 3.35. The molecule has 0 amide bonds. The van der Waals surface area contributed by atoms with Gasteiger partial charge in [-0.25, -0.2) is 4.98 Å². The number of anilines is 1. The second-order valence-electron chi connectivity index (χ2n) is 5.06. The van der Waals surface area contributed by atoms with Crippen LogP contribution in [0.15, 0.2) is 12.3 Å². The van der Waals surface area contributed by atoms with Crippen LogP contribution in [0.5, 0.6) is 5.88 Å². The molecule has 5 heteroatoms. The van der Waals surface area contributed by atoms with E-state index in [1.54, 1.807) is 12.3 Å². The van der Waals surface area contributed by atoms with Gasteiger partial charge in [-0.1, -0.05) is 13.3 Å². The Morgan fingerprint density at radius 2 is 2.32 bits per heavy atom. The summed E-state index contributed by atoms with van der Waals surface area (Å²) in [5.74, 6) is 2.50. The Hall–Kier alpha value is -0.970. The minimum Gasteiger partial charge on any atom is -0.475 e. The number of nitrogens with zero attached hydrogens (tertiary/aromatic N) is 2. The van der Waals surface area contributed by atoms with Gasteiger partial charge in [-0.05, 0) is 32.4 Å². The Morgan fingerprint density at radius 1 is 1.47 bits per heavy atom. The van der Waals surface area contributed by atoms with Gasteiger partial charge in [0.25, 0.3) is 0 Å². The molecule has 1 aliphatic carbocycles. The summed E-state index contributed by atoms with van der Waals surface area (Å²) in [6, 6.07) is 2.29. The molecule has 1 aliphatic rings. The second kappa shape index (κ2) is 6.98. The summed E-state index contributed by atoms with van der Waals surface area (Å²) >= 11 is 2.03. The van der Waals surface area contributed by atoms with E-state index in [2.05, 4.69) is 22.2 Å². The molecule has 2 rings (SSSR count). The molecule has 1 heterocycles. The highest BCUT2D eigenvalue weighted by Gasteiger charge is 2.27. The Labute approximate surface area is 119 Å². The van der Waals surface area contributed by atoms with Crippen molar-refractivity contribution in [3.05, 3.63) is 12.3 Å². The third-order valence-corrected chi connectivity index (χ3v) is 4.46. The van der Waals surface area contributed by atoms with E-state index in [-0.39, 0.29) is 6.10 Å². The number of nitrogens with one attached hydrogen (secondary N) is 1. The molecule has 0 aliphatic heterocycles. The molecule has 1 fully saturated rings. The molecule has 106 valence electrons. The average molecular weight is 281 g/mol. The molecular formula is C14H23N3OS. The number of ether oxygens (including phenoxy) is 1. The molecule has 0 bridgehead atoms. The standard InChI is InChI=1S/C14H23N3OS/c1-4-19-12-7-5-6-11(12)16-14-15-9-8-13(17-14)18-10(2)3/h8-12H,4-7H2,1-3H3,(H,15,16,17). The number of aromatic nitrogens is 2. The zero-order valence-corrected chi connectivity index (χ0v) is 12.7. The minimum atomic E-state index is 0.137. The van der Waals surface area contributed by atoms with Gasteiger partial charge in [-0.2, -0.15) is 16.7 Å². The normalized spacial score (nSPS) is 22.7. The number of rotatable bonds is 6. The molecule has 2 atom stereocenters. The van der Waals surface area contributed by atoms with Crippen molar-refractivity contribution in [2.45, 2.75) is 57.4 Å². The summed E-state index contributed by atoms with van der Waals surface area (Å²) in [6.07, 6.45) is 5.67. The molecule has 1 aromatic heterocycles. The van der Waals surface area contributed by atoms with Gasteiger partial charge in [-0.15, -0.1) is 0 Å². The van der Waals surface area contributed by atoms with Crippen LogP contribution in [0.1, 0.15) is 40.0 Å². The van der Waals surface area contributed by atoms with E-state index < -0.39 is 0 Å². The fourth-order valence-corrected chi connectivity index (χ4v) is 3.59. The molecule has 0 radical (unpaired) electrons. The summed E-state index contributed by atoms with van der Waals surface area (Å²) in [7, 11) is 0. The van der Waals surface area contributed by atoms with Gasteiger partial charge in [0.2, 0.25) is 11.8 Å². The first-order valence-corrected chi connectivity index (χ1v) is 8.11. The van der Waals surface area contributed by atoms with E-state index in [9.17, 15) is 0 Å². The molecule has 0 saturated heterocycles. The van der Waals surface area contributed by atoms with E-state index in [1.165, 1.54) is 25.0 Å². The van der Waals surface area contributed by atoms with Crippen LogP contribution in [-0.4, -0.2) is 33.1 Å². The highest BCUT2D eigenvalue weighted by Crippen LogP contribution is 2.31. The monoisotopic (exact) mass is 281 g/mol. The smallest absolute Gasteiger partial charge is 0.226 e. The molecule has 0 aromatic carbocycles. The molecule has 0 spiro atoms. The van der Waals surface area contributed by atoms with Crippen LogP contribution >= 0.6 is 11.8 Å². The zero-order valence-electron chi connectivity index (χ0n) is 11.9. The van der Waals surface area contributed by atoms with E-state index >= 15 is 0 Å². The van der Waals surface area contributed by atoms with Crippen LogP contribution in [0.3, 0.4) is 0 Å². The van der Waals surface area contributed by atoms with Gasteiger partial charge < -0.3 is 10.1 Å².